The van der Waals surface area contributed by atoms with Crippen molar-refractivity contribution in [1.29, 1.82) is 0 Å². The number of nitrogens with one attached hydrogen (secondary N) is 9. The number of carbonyl (C=O) groups is 10. The Bertz CT molecular complexity index is 3540. The molecule has 4 aliphatic rings. The van der Waals surface area contributed by atoms with E-state index in [1.807, 2.05) is 18.7 Å². The summed E-state index contributed by atoms with van der Waals surface area (Å²) in [5, 5.41) is 42.0. The van der Waals surface area contributed by atoms with E-state index in [-0.39, 0.29) is 134 Å². The summed E-state index contributed by atoms with van der Waals surface area (Å²) in [4.78, 5) is 166. The minimum Gasteiger partial charge on any atom is -0.480 e. The van der Waals surface area contributed by atoms with Gasteiger partial charge in [0.05, 0.1) is 53.4 Å². The number of nitrogens with zero attached hydrogens (tertiary/aromatic N) is 5. The molecule has 3 aromatic rings. The number of fused-ring (bicyclic) bond motifs is 5. The first kappa shape index (κ1) is 72.9. The Balaban J connectivity index is 0.00000784. The molecule has 1 aliphatic carbocycles. The normalized spacial score (nSPS) is 19.4. The fraction of sp³-hybridized carbons (Fsp3) is 0.526. The number of carbonyl (C=O) groups excluding carboxylic acids is 8. The molecule has 1 unspecified atom stereocenters. The first-order chi connectivity index (χ1) is 42.9. The van der Waals surface area contributed by atoms with Gasteiger partial charge < -0.3 is 79.0 Å². The Morgan fingerprint density at radius 1 is 0.935 bits per heavy atom. The van der Waals surface area contributed by atoms with E-state index in [0.717, 1.165) is 0 Å². The van der Waals surface area contributed by atoms with E-state index in [4.69, 9.17) is 31.8 Å². The van der Waals surface area contributed by atoms with Gasteiger partial charge in [0.25, 0.3) is 11.5 Å². The largest absolute Gasteiger partial charge is 0.480 e. The smallest absolute Gasteiger partial charge is 0.326 e. The molecule has 32 nitrogen and oxygen atoms in total. The average molecular weight is 1360 g/mol. The molecule has 2 saturated heterocycles. The molecule has 92 heavy (non-hydrogen) atoms. The van der Waals surface area contributed by atoms with Gasteiger partial charge in [0.15, 0.2) is 28.6 Å². The summed E-state index contributed by atoms with van der Waals surface area (Å²) in [5.41, 5.74) is 14.5. The van der Waals surface area contributed by atoms with Crippen molar-refractivity contribution in [3.8, 4) is 0 Å². The molecule has 3 aliphatic heterocycles. The number of guanidine groups is 1. The molecule has 1 aromatic carbocycles. The number of nitrogen functional groups attached to an aromatic ring is 1. The van der Waals surface area contributed by atoms with Crippen molar-refractivity contribution in [2.45, 2.75) is 140 Å². The van der Waals surface area contributed by atoms with Gasteiger partial charge in [-0.3, -0.25) is 63.2 Å². The number of aliphatic imine (C=N–C) groups is 1. The van der Waals surface area contributed by atoms with E-state index in [2.05, 4.69) is 67.5 Å². The van der Waals surface area contributed by atoms with Gasteiger partial charge in [0.1, 0.15) is 31.3 Å². The summed E-state index contributed by atoms with van der Waals surface area (Å²) in [6.07, 6.45) is 1.25. The van der Waals surface area contributed by atoms with Crippen LogP contribution in [0.15, 0.2) is 62.8 Å². The number of nitrogens with two attached hydrogens (primary N) is 3. The van der Waals surface area contributed by atoms with Crippen LogP contribution >= 0.6 is 21.6 Å². The topological polar surface area (TPSA) is 501 Å². The van der Waals surface area contributed by atoms with Crippen LogP contribution in [-0.4, -0.2) is 198 Å². The number of ketones is 3. The minimum absolute atomic E-state index is 0. The third-order valence-corrected chi connectivity index (χ3v) is 18.2. The second kappa shape index (κ2) is 31.0. The van der Waals surface area contributed by atoms with Gasteiger partial charge in [-0.1, -0.05) is 21.6 Å². The number of Topliss-reactive ketones (excluding diaryl/α,β-unsaturated/α-hetero) is 3. The van der Waals surface area contributed by atoms with Crippen molar-refractivity contribution in [2.24, 2.45) is 22.4 Å². The van der Waals surface area contributed by atoms with E-state index in [9.17, 15) is 57.8 Å². The predicted octanol–water partition coefficient (Wildman–Crippen LogP) is -1.32. The maximum atomic E-state index is 14.6. The Morgan fingerprint density at radius 2 is 1.63 bits per heavy atom. The van der Waals surface area contributed by atoms with Gasteiger partial charge >= 0.3 is 17.9 Å². The van der Waals surface area contributed by atoms with Crippen LogP contribution in [-0.2, 0) is 77.7 Å². The van der Waals surface area contributed by atoms with Crippen LogP contribution in [0.3, 0.4) is 0 Å². The molecule has 35 heteroatoms. The average Bonchev–Trinajstić information content (AvgIpc) is 1.50. The number of hydrogen-bond donors (Lipinski definition) is 14. The summed E-state index contributed by atoms with van der Waals surface area (Å²) in [5.74, 6) is -8.57. The fourth-order valence-electron chi connectivity index (χ4n) is 10.9. The van der Waals surface area contributed by atoms with E-state index in [1.165, 1.54) is 74.7 Å². The van der Waals surface area contributed by atoms with E-state index >= 15 is 0 Å². The molecular formula is C57H79N17O15S2V. The summed E-state index contributed by atoms with van der Waals surface area (Å²) in [7, 11) is 4.00. The van der Waals surface area contributed by atoms with Crippen molar-refractivity contribution >= 4 is 109 Å². The van der Waals surface area contributed by atoms with E-state index < -0.39 is 119 Å². The maximum absolute atomic E-state index is 14.6. The number of methoxy groups -OCH3 is 1. The van der Waals surface area contributed by atoms with Crippen molar-refractivity contribution in [2.75, 3.05) is 55.9 Å². The Labute approximate surface area is 549 Å². The standard InChI is InChI=1S/C57H77N17O15S2.V.H2/c1-26-40(44(80)39-32(24-89-28(3)75)57(88-8)45-35(67-45)23-74(57)42(39)43(26)79)73-55(4,5)17-19-90-91-25-36(50(84)65-27(2)47(81)64-22-38(77)78)69-49(83)33(10-9-18-61-53(58)59)72-56(6,7)37(76)16-15-34(52(86)87)68-48(82)29-11-13-30(14-12-29)62-20-31-21-63-46-41(66-31)51(85)71-54(60)70-46;;/h11-14,21,27,32-36,45,62,67,72-73H,9-10,15-20,22-25H2,1-8H3,(H,64,81)(H,65,84)(H,68,82)(H,69,83)(H,77,78)(H,86,87)(H4,58,59,61)(H3,60,63,70,71,85);;1H/t27-,32+,33?,34-,35-,36-,45-,57+;;/m0../s1/i;;1+1. The van der Waals surface area contributed by atoms with Crippen LogP contribution in [0, 0.1) is 5.92 Å². The number of carboxylic acid groups (broad SMARTS) is 2. The number of aliphatic carboxylic acids is 2. The van der Waals surface area contributed by atoms with Gasteiger partial charge in [-0.15, -0.1) is 0 Å². The third kappa shape index (κ3) is 17.7. The van der Waals surface area contributed by atoms with E-state index in [0.29, 0.717) is 30.1 Å². The Morgan fingerprint density at radius 3 is 2.28 bits per heavy atom. The molecule has 17 N–H and O–H groups in total. The number of esters is 1. The number of amides is 4. The SMILES string of the molecule is CO[C@@]12[C@H](COC(C)=O)C3=C(C(=O)C(C)=C(NC(C)(C)CCSSC[C@H](NC(=O)C(CCCN=C(N)N)NC(C)(C)C(=O)CC[C@H](NC(=O)c4ccc(NCc5cnc6nc(N)[nH]c(=O)c6n5)cc4)C(=O)O)C(=O)N[C@@H](C)C(=O)NCC(=O)O)C3=O)N1C[C@@H]1N[C@@H]12.[2HH].[V]. The van der Waals surface area contributed by atoms with Gasteiger partial charge in [-0.2, -0.15) is 4.98 Å². The molecule has 0 saturated carbocycles. The number of allylic oxidation sites excluding steroid dienone is 2. The number of ether oxygens (including phenoxy) is 2. The van der Waals surface area contributed by atoms with Gasteiger partial charge in [0, 0.05) is 99.0 Å². The number of hydrogen-bond acceptors (Lipinski definition) is 25. The van der Waals surface area contributed by atoms with Crippen molar-refractivity contribution in [1.82, 2.24) is 62.1 Å². The van der Waals surface area contributed by atoms with Crippen molar-refractivity contribution in [3.05, 3.63) is 74.6 Å². The second-order valence-electron chi connectivity index (χ2n) is 23.4. The van der Waals surface area contributed by atoms with Crippen LogP contribution in [0.5, 0.6) is 0 Å². The Kier molecular flexibility index (Phi) is 24.6. The summed E-state index contributed by atoms with van der Waals surface area (Å²) < 4.78 is 11.6. The first-order valence-electron chi connectivity index (χ1n) is 29.0. The monoisotopic (exact) mass is 1360 g/mol. The molecule has 1 radical (unpaired) electrons. The molecule has 0 spiro atoms. The first-order valence-corrected chi connectivity index (χ1v) is 31.5. The van der Waals surface area contributed by atoms with Crippen LogP contribution in [0.4, 0.5) is 11.6 Å². The number of carboxylic acids is 2. The molecule has 4 amide bonds. The molecule has 2 fully saturated rings. The van der Waals surface area contributed by atoms with Gasteiger partial charge in [-0.25, -0.2) is 14.8 Å². The molecular weight excluding hydrogens is 1280 g/mol. The molecule has 499 valence electrons. The fourth-order valence-corrected chi connectivity index (χ4v) is 13.3. The third-order valence-electron chi connectivity index (χ3n) is 15.7. The zero-order valence-corrected chi connectivity index (χ0v) is 54.9. The summed E-state index contributed by atoms with van der Waals surface area (Å²) in [6.45, 7) is 10.5. The van der Waals surface area contributed by atoms with Gasteiger partial charge in [0.2, 0.25) is 35.2 Å². The maximum Gasteiger partial charge on any atom is 0.326 e. The number of aromatic amines is 1. The van der Waals surface area contributed by atoms with E-state index in [1.54, 1.807) is 19.1 Å². The number of H-pyrrole nitrogens is 1. The van der Waals surface area contributed by atoms with Crippen molar-refractivity contribution in [3.63, 3.8) is 0 Å². The molecule has 0 bridgehead atoms. The number of rotatable bonds is 34. The summed E-state index contributed by atoms with van der Waals surface area (Å²) >= 11 is 0. The number of benzene rings is 1. The van der Waals surface area contributed by atoms with Crippen LogP contribution in [0.2, 0.25) is 0 Å². The second-order valence-corrected chi connectivity index (χ2v) is 26.0. The molecule has 2 aromatic heterocycles. The Hall–Kier alpha value is -8.15. The number of anilines is 2. The van der Waals surface area contributed by atoms with Crippen molar-refractivity contribution < 1.29 is 87.6 Å². The minimum atomic E-state index is -1.54. The number of piperazine rings is 1. The summed E-state index contributed by atoms with van der Waals surface area (Å²) in [6, 6.07) is 0.500. The number of aromatic nitrogens is 4. The van der Waals surface area contributed by atoms with Crippen LogP contribution in [0.1, 0.15) is 98.0 Å². The van der Waals surface area contributed by atoms with Gasteiger partial charge in [-0.05, 0) is 91.5 Å². The predicted molar refractivity (Wildman–Crippen MR) is 336 cm³/mol. The molecule has 7 rings (SSSR count). The molecule has 5 heterocycles. The van der Waals surface area contributed by atoms with Crippen LogP contribution in [0.25, 0.3) is 11.2 Å². The zero-order chi connectivity index (χ0) is 66.9. The zero-order valence-electron chi connectivity index (χ0n) is 51.8. The molecule has 8 atom stereocenters. The quantitative estimate of drug-likeness (QED) is 0.00627. The van der Waals surface area contributed by atoms with Crippen LogP contribution < -0.4 is 65.3 Å².